The van der Waals surface area contributed by atoms with E-state index in [9.17, 15) is 0 Å². The number of pyridine rings is 1. The minimum Gasteiger partial charge on any atom is -0.480 e. The molecule has 0 aliphatic heterocycles. The van der Waals surface area contributed by atoms with Gasteiger partial charge in [-0.15, -0.1) is 10.2 Å². The van der Waals surface area contributed by atoms with Crippen molar-refractivity contribution < 1.29 is 4.74 Å². The van der Waals surface area contributed by atoms with E-state index in [0.29, 0.717) is 11.6 Å². The average Bonchev–Trinajstić information content (AvgIpc) is 2.79. The van der Waals surface area contributed by atoms with Crippen LogP contribution in [0.3, 0.4) is 0 Å². The van der Waals surface area contributed by atoms with Crippen LogP contribution in [0, 0.1) is 0 Å². The lowest BCUT2D eigenvalue weighted by Crippen LogP contribution is -1.95. The molecule has 0 spiro atoms. The average molecular weight is 286 g/mol. The summed E-state index contributed by atoms with van der Waals surface area (Å²) in [6.45, 7) is 0. The Morgan fingerprint density at radius 3 is 2.71 bits per heavy atom. The zero-order valence-corrected chi connectivity index (χ0v) is 11.7. The highest BCUT2D eigenvalue weighted by Crippen LogP contribution is 2.33. The van der Waals surface area contributed by atoms with Gasteiger partial charge in [0.2, 0.25) is 5.88 Å². The molecule has 0 aliphatic rings. The van der Waals surface area contributed by atoms with E-state index < -0.39 is 0 Å². The standard InChI is InChI=1S/C9H10N4OS3/c1-14-7-5(10)3-4-6(11-7)16-9-13-12-8(15-2)17-9/h3-4H,10H2,1-2H3. The van der Waals surface area contributed by atoms with Gasteiger partial charge in [-0.1, -0.05) is 23.1 Å². The topological polar surface area (TPSA) is 73.9 Å². The van der Waals surface area contributed by atoms with Crippen molar-refractivity contribution in [2.75, 3.05) is 19.1 Å². The molecule has 17 heavy (non-hydrogen) atoms. The van der Waals surface area contributed by atoms with Crippen LogP contribution in [0.2, 0.25) is 0 Å². The molecule has 0 unspecified atom stereocenters. The van der Waals surface area contributed by atoms with Gasteiger partial charge in [0.25, 0.3) is 0 Å². The van der Waals surface area contributed by atoms with Crippen molar-refractivity contribution in [2.24, 2.45) is 0 Å². The molecule has 0 radical (unpaired) electrons. The smallest absolute Gasteiger partial charge is 0.237 e. The molecule has 0 saturated carbocycles. The number of nitrogen functional groups attached to an aromatic ring is 1. The summed E-state index contributed by atoms with van der Waals surface area (Å²) in [6.07, 6.45) is 1.97. The number of nitrogens with two attached hydrogens (primary N) is 1. The van der Waals surface area contributed by atoms with Gasteiger partial charge in [0.05, 0.1) is 12.8 Å². The number of aromatic nitrogens is 3. The maximum Gasteiger partial charge on any atom is 0.237 e. The Balaban J connectivity index is 2.18. The number of anilines is 1. The molecule has 0 aromatic carbocycles. The van der Waals surface area contributed by atoms with Crippen LogP contribution in [0.4, 0.5) is 5.69 Å². The van der Waals surface area contributed by atoms with Crippen molar-refractivity contribution in [3.8, 4) is 5.88 Å². The van der Waals surface area contributed by atoms with E-state index >= 15 is 0 Å². The van der Waals surface area contributed by atoms with Crippen LogP contribution in [-0.4, -0.2) is 28.5 Å². The van der Waals surface area contributed by atoms with E-state index in [-0.39, 0.29) is 0 Å². The monoisotopic (exact) mass is 286 g/mol. The lowest BCUT2D eigenvalue weighted by atomic mass is 10.4. The van der Waals surface area contributed by atoms with Gasteiger partial charge in [-0.3, -0.25) is 0 Å². The third-order valence-electron chi connectivity index (χ3n) is 1.81. The molecule has 2 rings (SSSR count). The van der Waals surface area contributed by atoms with Crippen molar-refractivity contribution in [3.05, 3.63) is 12.1 Å². The summed E-state index contributed by atoms with van der Waals surface area (Å²) in [5.41, 5.74) is 6.22. The first-order valence-electron chi connectivity index (χ1n) is 4.59. The van der Waals surface area contributed by atoms with Crippen molar-refractivity contribution in [3.63, 3.8) is 0 Å². The Bertz CT molecular complexity index is 517. The molecule has 2 aromatic rings. The summed E-state index contributed by atoms with van der Waals surface area (Å²) >= 11 is 4.56. The highest BCUT2D eigenvalue weighted by atomic mass is 32.2. The molecule has 0 aliphatic carbocycles. The summed E-state index contributed by atoms with van der Waals surface area (Å²) < 4.78 is 6.86. The Kier molecular flexibility index (Phi) is 4.08. The number of ether oxygens (including phenoxy) is 1. The summed E-state index contributed by atoms with van der Waals surface area (Å²) in [4.78, 5) is 4.27. The predicted molar refractivity (Wildman–Crippen MR) is 71.0 cm³/mol. The second-order valence-corrected chi connectivity index (χ2v) is 6.19. The second-order valence-electron chi connectivity index (χ2n) is 2.89. The van der Waals surface area contributed by atoms with Crippen LogP contribution in [-0.2, 0) is 0 Å². The van der Waals surface area contributed by atoms with Crippen LogP contribution < -0.4 is 10.5 Å². The van der Waals surface area contributed by atoms with Gasteiger partial charge in [0.1, 0.15) is 5.03 Å². The molecule has 90 valence electrons. The molecule has 5 nitrogen and oxygen atoms in total. The predicted octanol–water partition coefficient (Wildman–Crippen LogP) is 2.40. The van der Waals surface area contributed by atoms with E-state index in [1.165, 1.54) is 23.1 Å². The van der Waals surface area contributed by atoms with Crippen LogP contribution in [0.5, 0.6) is 5.88 Å². The molecule has 0 bridgehead atoms. The number of hydrogen-bond donors (Lipinski definition) is 1. The minimum absolute atomic E-state index is 0.435. The molecule has 2 heterocycles. The normalized spacial score (nSPS) is 10.5. The highest BCUT2D eigenvalue weighted by molar-refractivity contribution is 8.02. The van der Waals surface area contributed by atoms with Crippen molar-refractivity contribution in [1.29, 1.82) is 0 Å². The Labute approximate surface area is 111 Å². The largest absolute Gasteiger partial charge is 0.480 e. The molecule has 0 amide bonds. The van der Waals surface area contributed by atoms with Crippen LogP contribution in [0.25, 0.3) is 0 Å². The van der Waals surface area contributed by atoms with Crippen molar-refractivity contribution in [2.45, 2.75) is 13.7 Å². The quantitative estimate of drug-likeness (QED) is 0.865. The first-order chi connectivity index (χ1) is 8.22. The van der Waals surface area contributed by atoms with Crippen LogP contribution in [0.15, 0.2) is 25.8 Å². The van der Waals surface area contributed by atoms with E-state index in [2.05, 4.69) is 15.2 Å². The van der Waals surface area contributed by atoms with Gasteiger partial charge >= 0.3 is 0 Å². The molecule has 0 fully saturated rings. The molecule has 2 N–H and O–H groups in total. The van der Waals surface area contributed by atoms with Crippen molar-refractivity contribution >= 4 is 40.5 Å². The SMILES string of the molecule is COc1nc(Sc2nnc(SC)s2)ccc1N. The summed E-state index contributed by atoms with van der Waals surface area (Å²) in [7, 11) is 1.55. The summed E-state index contributed by atoms with van der Waals surface area (Å²) in [6, 6.07) is 3.60. The molecule has 0 atom stereocenters. The highest BCUT2D eigenvalue weighted by Gasteiger charge is 2.08. The number of thioether (sulfide) groups is 1. The Morgan fingerprint density at radius 2 is 2.06 bits per heavy atom. The van der Waals surface area contributed by atoms with Crippen LogP contribution >= 0.6 is 34.9 Å². The van der Waals surface area contributed by atoms with Crippen molar-refractivity contribution in [1.82, 2.24) is 15.2 Å². The number of methoxy groups -OCH3 is 1. The molecule has 8 heteroatoms. The molecular formula is C9H10N4OS3. The lowest BCUT2D eigenvalue weighted by Gasteiger charge is -2.04. The fourth-order valence-electron chi connectivity index (χ4n) is 1.06. The minimum atomic E-state index is 0.435. The second kappa shape index (κ2) is 5.56. The fraction of sp³-hybridized carbons (Fsp3) is 0.222. The van der Waals surface area contributed by atoms with Gasteiger partial charge in [0, 0.05) is 0 Å². The molecule has 2 aromatic heterocycles. The first kappa shape index (κ1) is 12.5. The van der Waals surface area contributed by atoms with Gasteiger partial charge in [-0.2, -0.15) is 0 Å². The lowest BCUT2D eigenvalue weighted by molar-refractivity contribution is 0.397. The number of nitrogens with zero attached hydrogens (tertiary/aromatic N) is 3. The van der Waals surface area contributed by atoms with E-state index in [0.717, 1.165) is 13.7 Å². The zero-order valence-electron chi connectivity index (χ0n) is 9.21. The van der Waals surface area contributed by atoms with Crippen LogP contribution in [0.1, 0.15) is 0 Å². The maximum absolute atomic E-state index is 5.69. The molecule has 0 saturated heterocycles. The van der Waals surface area contributed by atoms with Gasteiger partial charge in [0.15, 0.2) is 8.68 Å². The summed E-state index contributed by atoms with van der Waals surface area (Å²) in [5.74, 6) is 0.435. The fourth-order valence-corrected chi connectivity index (χ4v) is 3.41. The van der Waals surface area contributed by atoms with Gasteiger partial charge in [-0.25, -0.2) is 4.98 Å². The zero-order chi connectivity index (χ0) is 12.3. The summed E-state index contributed by atoms with van der Waals surface area (Å²) in [5, 5.41) is 8.87. The number of hydrogen-bond acceptors (Lipinski definition) is 8. The first-order valence-corrected chi connectivity index (χ1v) is 7.44. The van der Waals surface area contributed by atoms with E-state index in [1.54, 1.807) is 24.9 Å². The van der Waals surface area contributed by atoms with Gasteiger partial charge in [-0.05, 0) is 30.2 Å². The van der Waals surface area contributed by atoms with E-state index in [1.807, 2.05) is 12.3 Å². The molecular weight excluding hydrogens is 276 g/mol. The third-order valence-corrected chi connectivity index (χ3v) is 4.70. The third kappa shape index (κ3) is 3.02. The van der Waals surface area contributed by atoms with E-state index in [4.69, 9.17) is 10.5 Å². The Morgan fingerprint density at radius 1 is 1.29 bits per heavy atom. The Hall–Kier alpha value is -0.990. The maximum atomic E-state index is 5.69. The van der Waals surface area contributed by atoms with Gasteiger partial charge < -0.3 is 10.5 Å². The number of rotatable bonds is 4.